The molecule has 0 bridgehead atoms. The number of nitrogens with one attached hydrogen (secondary N) is 1. The number of rotatable bonds is 8. The number of non-ortho nitro benzene ring substituents is 1. The van der Waals surface area contributed by atoms with Gasteiger partial charge in [-0.05, 0) is 51.2 Å². The van der Waals surface area contributed by atoms with Gasteiger partial charge in [0.15, 0.2) is 0 Å². The highest BCUT2D eigenvalue weighted by Gasteiger charge is 2.48. The van der Waals surface area contributed by atoms with Crippen LogP contribution in [0.1, 0.15) is 57.1 Å². The summed E-state index contributed by atoms with van der Waals surface area (Å²) in [6.07, 6.45) is 0.446. The molecule has 1 heterocycles. The molecule has 0 spiro atoms. The Hall–Kier alpha value is -3.94. The van der Waals surface area contributed by atoms with Gasteiger partial charge in [-0.25, -0.2) is 9.59 Å². The predicted octanol–water partition coefficient (Wildman–Crippen LogP) is 5.13. The number of benzene rings is 2. The Kier molecular flexibility index (Phi) is 7.24. The van der Waals surface area contributed by atoms with Crippen LogP contribution in [0.3, 0.4) is 0 Å². The number of hydrogen-bond donors (Lipinski definition) is 1. The van der Waals surface area contributed by atoms with Crippen molar-refractivity contribution in [1.82, 2.24) is 5.32 Å². The summed E-state index contributed by atoms with van der Waals surface area (Å²) in [5, 5.41) is 14.9. The number of carbonyl (C=O) groups is 2. The lowest BCUT2D eigenvalue weighted by molar-refractivity contribution is -0.384. The Morgan fingerprint density at radius 3 is 2.36 bits per heavy atom. The van der Waals surface area contributed by atoms with Crippen LogP contribution in [-0.4, -0.2) is 29.6 Å². The van der Waals surface area contributed by atoms with Gasteiger partial charge in [-0.1, -0.05) is 42.5 Å². The number of nitro groups is 1. The average Bonchev–Trinajstić information content (AvgIpc) is 3.64. The van der Waals surface area contributed by atoms with Crippen molar-refractivity contribution in [3.05, 3.63) is 98.4 Å². The molecule has 2 aromatic rings. The van der Waals surface area contributed by atoms with Gasteiger partial charge in [0.25, 0.3) is 5.69 Å². The van der Waals surface area contributed by atoms with Crippen LogP contribution in [-0.2, 0) is 19.1 Å². The monoisotopic (exact) mass is 490 g/mol. The Bertz CT molecular complexity index is 1250. The lowest BCUT2D eigenvalue weighted by atomic mass is 9.79. The van der Waals surface area contributed by atoms with E-state index < -0.39 is 22.8 Å². The highest BCUT2D eigenvalue weighted by Crippen LogP contribution is 2.55. The SMILES string of the molecule is CCOC(=O)C1=C([C@@H]2C[C@H]2c2ccccc2)NC(C)=C(C(=O)OC(C)C)C1c1cccc([N+](=O)[O-])c1. The van der Waals surface area contributed by atoms with Crippen LogP contribution in [0.2, 0.25) is 0 Å². The molecule has 1 aliphatic heterocycles. The molecule has 1 N–H and O–H groups in total. The molecular formula is C28H30N2O6. The molecule has 0 radical (unpaired) electrons. The van der Waals surface area contributed by atoms with Crippen LogP contribution in [0.4, 0.5) is 5.69 Å². The maximum absolute atomic E-state index is 13.5. The van der Waals surface area contributed by atoms with Crippen molar-refractivity contribution >= 4 is 17.6 Å². The number of esters is 2. The summed E-state index contributed by atoms with van der Waals surface area (Å²) >= 11 is 0. The maximum Gasteiger partial charge on any atom is 0.337 e. The zero-order chi connectivity index (χ0) is 26.0. The summed E-state index contributed by atoms with van der Waals surface area (Å²) in [4.78, 5) is 37.8. The molecule has 1 aliphatic carbocycles. The molecule has 8 nitrogen and oxygen atoms in total. The van der Waals surface area contributed by atoms with E-state index in [1.807, 2.05) is 18.2 Å². The van der Waals surface area contributed by atoms with E-state index >= 15 is 0 Å². The van der Waals surface area contributed by atoms with Crippen LogP contribution in [0.25, 0.3) is 0 Å². The van der Waals surface area contributed by atoms with Gasteiger partial charge in [0.05, 0.1) is 34.7 Å². The molecule has 1 saturated carbocycles. The summed E-state index contributed by atoms with van der Waals surface area (Å²) in [6.45, 7) is 7.13. The molecule has 36 heavy (non-hydrogen) atoms. The minimum atomic E-state index is -0.872. The second-order valence-corrected chi connectivity index (χ2v) is 9.31. The van der Waals surface area contributed by atoms with E-state index in [1.165, 1.54) is 17.7 Å². The molecule has 2 aliphatic rings. The summed E-state index contributed by atoms with van der Waals surface area (Å²) < 4.78 is 11.0. The number of nitrogens with zero attached hydrogens (tertiary/aromatic N) is 1. The molecule has 1 unspecified atom stereocenters. The molecule has 0 aromatic heterocycles. The highest BCUT2D eigenvalue weighted by molar-refractivity contribution is 6.00. The first kappa shape index (κ1) is 25.2. The molecule has 0 saturated heterocycles. The second kappa shape index (κ2) is 10.4. The van der Waals surface area contributed by atoms with E-state index in [-0.39, 0.29) is 35.8 Å². The van der Waals surface area contributed by atoms with Gasteiger partial charge in [-0.2, -0.15) is 0 Å². The molecule has 1 fully saturated rings. The minimum Gasteiger partial charge on any atom is -0.463 e. The van der Waals surface area contributed by atoms with E-state index in [1.54, 1.807) is 39.8 Å². The lowest BCUT2D eigenvalue weighted by Crippen LogP contribution is -2.34. The molecule has 188 valence electrons. The molecule has 8 heteroatoms. The Balaban J connectivity index is 1.88. The Morgan fingerprint density at radius 2 is 1.72 bits per heavy atom. The standard InChI is InChI=1S/C28H30N2O6/c1-5-35-27(31)25-24(19-12-9-13-20(14-19)30(33)34)23(28(32)36-16(2)3)17(4)29-26(25)22-15-21(22)18-10-7-6-8-11-18/h6-14,16,21-22,24,29H,5,15H2,1-4H3/t21-,22+,24?/m0/s1. The molecule has 2 aromatic carbocycles. The van der Waals surface area contributed by atoms with Crippen molar-refractivity contribution < 1.29 is 24.0 Å². The fourth-order valence-corrected chi connectivity index (χ4v) is 4.86. The Labute approximate surface area is 210 Å². The van der Waals surface area contributed by atoms with Crippen molar-refractivity contribution in [1.29, 1.82) is 0 Å². The number of allylic oxidation sites excluding steroid dienone is 2. The third-order valence-electron chi connectivity index (χ3n) is 6.46. The van der Waals surface area contributed by atoms with E-state index in [4.69, 9.17) is 9.47 Å². The van der Waals surface area contributed by atoms with Crippen molar-refractivity contribution in [2.45, 2.75) is 52.1 Å². The zero-order valence-corrected chi connectivity index (χ0v) is 20.8. The summed E-state index contributed by atoms with van der Waals surface area (Å²) in [6, 6.07) is 16.1. The van der Waals surface area contributed by atoms with E-state index in [2.05, 4.69) is 17.4 Å². The van der Waals surface area contributed by atoms with Crippen molar-refractivity contribution in [2.75, 3.05) is 6.61 Å². The van der Waals surface area contributed by atoms with Crippen LogP contribution in [0.5, 0.6) is 0 Å². The number of carbonyl (C=O) groups excluding carboxylic acids is 2. The summed E-state index contributed by atoms with van der Waals surface area (Å²) in [5.41, 5.74) is 3.28. The predicted molar refractivity (Wildman–Crippen MR) is 134 cm³/mol. The third kappa shape index (κ3) is 5.03. The van der Waals surface area contributed by atoms with Gasteiger partial charge in [0.2, 0.25) is 0 Å². The van der Waals surface area contributed by atoms with Crippen molar-refractivity contribution in [3.8, 4) is 0 Å². The number of hydrogen-bond acceptors (Lipinski definition) is 7. The normalized spacial score (nSPS) is 21.2. The average molecular weight is 491 g/mol. The van der Waals surface area contributed by atoms with Gasteiger partial charge in [0, 0.05) is 29.4 Å². The third-order valence-corrected chi connectivity index (χ3v) is 6.46. The van der Waals surface area contributed by atoms with Crippen LogP contribution < -0.4 is 5.32 Å². The fraction of sp³-hybridized carbons (Fsp3) is 0.357. The van der Waals surface area contributed by atoms with Crippen molar-refractivity contribution in [3.63, 3.8) is 0 Å². The second-order valence-electron chi connectivity index (χ2n) is 9.31. The van der Waals surface area contributed by atoms with E-state index in [9.17, 15) is 19.7 Å². The van der Waals surface area contributed by atoms with Gasteiger partial charge >= 0.3 is 11.9 Å². The Morgan fingerprint density at radius 1 is 1.03 bits per heavy atom. The van der Waals surface area contributed by atoms with Crippen molar-refractivity contribution in [2.24, 2.45) is 5.92 Å². The van der Waals surface area contributed by atoms with Crippen LogP contribution in [0.15, 0.2) is 77.1 Å². The number of nitro benzene ring substituents is 1. The number of dihydropyridines is 1. The van der Waals surface area contributed by atoms with Crippen LogP contribution >= 0.6 is 0 Å². The summed E-state index contributed by atoms with van der Waals surface area (Å²) in [7, 11) is 0. The molecule has 3 atom stereocenters. The van der Waals surface area contributed by atoms with E-state index in [0.29, 0.717) is 22.5 Å². The van der Waals surface area contributed by atoms with Crippen LogP contribution in [0, 0.1) is 16.0 Å². The van der Waals surface area contributed by atoms with Gasteiger partial charge in [0.1, 0.15) is 0 Å². The highest BCUT2D eigenvalue weighted by atomic mass is 16.6. The smallest absolute Gasteiger partial charge is 0.337 e. The first-order valence-electron chi connectivity index (χ1n) is 12.1. The molecule has 4 rings (SSSR count). The summed E-state index contributed by atoms with van der Waals surface area (Å²) in [5.74, 6) is -1.78. The van der Waals surface area contributed by atoms with Gasteiger partial charge < -0.3 is 14.8 Å². The minimum absolute atomic E-state index is 0.0191. The molecule has 0 amide bonds. The van der Waals surface area contributed by atoms with E-state index in [0.717, 1.165) is 6.42 Å². The first-order valence-corrected chi connectivity index (χ1v) is 12.1. The van der Waals surface area contributed by atoms with Gasteiger partial charge in [-0.3, -0.25) is 10.1 Å². The largest absolute Gasteiger partial charge is 0.463 e. The molecular weight excluding hydrogens is 460 g/mol. The van der Waals surface area contributed by atoms with Gasteiger partial charge in [-0.15, -0.1) is 0 Å². The maximum atomic E-state index is 13.5. The lowest BCUT2D eigenvalue weighted by Gasteiger charge is -2.32. The fourth-order valence-electron chi connectivity index (χ4n) is 4.86. The number of ether oxygens (including phenoxy) is 2. The zero-order valence-electron chi connectivity index (χ0n) is 20.8. The first-order chi connectivity index (χ1) is 17.2. The quantitative estimate of drug-likeness (QED) is 0.310. The topological polar surface area (TPSA) is 108 Å².